The summed E-state index contributed by atoms with van der Waals surface area (Å²) >= 11 is 0. The first-order chi connectivity index (χ1) is 7.65. The molecule has 0 aliphatic heterocycles. The first-order valence-corrected chi connectivity index (χ1v) is 4.74. The Labute approximate surface area is 91.1 Å². The van der Waals surface area contributed by atoms with Gasteiger partial charge in [0.15, 0.2) is 0 Å². The van der Waals surface area contributed by atoms with E-state index < -0.39 is 11.5 Å². The molecule has 1 heterocycles. The molecule has 0 unspecified atom stereocenters. The van der Waals surface area contributed by atoms with Gasteiger partial charge in [-0.15, -0.1) is 5.10 Å². The van der Waals surface area contributed by atoms with Crippen molar-refractivity contribution in [1.29, 1.82) is 0 Å². The fraction of sp³-hybridized carbons (Fsp3) is 0.200. The monoisotopic (exact) mass is 222 g/mol. The number of para-hydroxylation sites is 1. The van der Waals surface area contributed by atoms with E-state index in [2.05, 4.69) is 10.4 Å². The molecule has 16 heavy (non-hydrogen) atoms. The molecule has 2 aromatic rings. The molecule has 0 fully saturated rings. The largest absolute Gasteiger partial charge is 0.357 e. The molecule has 0 spiro atoms. The predicted octanol–water partition coefficient (Wildman–Crippen LogP) is 0.752. The zero-order chi connectivity index (χ0) is 11.7. The van der Waals surface area contributed by atoms with Crippen LogP contribution in [0.1, 0.15) is 0 Å². The van der Waals surface area contributed by atoms with Crippen LogP contribution in [0.3, 0.4) is 0 Å². The zero-order valence-electron chi connectivity index (χ0n) is 8.94. The lowest BCUT2D eigenvalue weighted by Gasteiger charge is -2.05. The Hall–Kier alpha value is -2.11. The minimum atomic E-state index is -0.464. The third-order valence-corrected chi connectivity index (χ3v) is 2.24. The normalized spacial score (nSPS) is 10.4. The van der Waals surface area contributed by atoms with Crippen molar-refractivity contribution in [2.75, 3.05) is 12.4 Å². The number of nitrogens with zero attached hydrogens (tertiary/aromatic N) is 3. The third kappa shape index (κ3) is 1.48. The maximum atomic E-state index is 13.6. The maximum absolute atomic E-state index is 13.6. The van der Waals surface area contributed by atoms with Gasteiger partial charge in [-0.05, 0) is 12.1 Å². The number of aryl methyl sites for hydroxylation is 1. The molecule has 84 valence electrons. The summed E-state index contributed by atoms with van der Waals surface area (Å²) in [4.78, 5) is 11.8. The lowest BCUT2D eigenvalue weighted by Crippen LogP contribution is -2.22. The second-order valence-electron chi connectivity index (χ2n) is 3.27. The molecule has 0 saturated heterocycles. The first kappa shape index (κ1) is 10.4. The fourth-order valence-electron chi connectivity index (χ4n) is 1.48. The van der Waals surface area contributed by atoms with Gasteiger partial charge in [0.2, 0.25) is 5.95 Å². The number of benzene rings is 1. The van der Waals surface area contributed by atoms with E-state index in [9.17, 15) is 9.18 Å². The number of hydrogen-bond donors (Lipinski definition) is 1. The van der Waals surface area contributed by atoms with E-state index in [1.165, 1.54) is 23.7 Å². The van der Waals surface area contributed by atoms with Crippen LogP contribution in [0, 0.1) is 5.82 Å². The average molecular weight is 222 g/mol. The molecule has 0 amide bonds. The van der Waals surface area contributed by atoms with Crippen molar-refractivity contribution in [2.45, 2.75) is 0 Å². The molecule has 5 nitrogen and oxygen atoms in total. The highest BCUT2D eigenvalue weighted by Gasteiger charge is 2.14. The van der Waals surface area contributed by atoms with Gasteiger partial charge in [0.1, 0.15) is 5.82 Å². The smallest absolute Gasteiger partial charge is 0.351 e. The highest BCUT2D eigenvalue weighted by atomic mass is 19.1. The SMILES string of the molecule is CNc1nn(C)c(=O)n1-c1ccccc1F. The van der Waals surface area contributed by atoms with Gasteiger partial charge in [-0.2, -0.15) is 0 Å². The second-order valence-corrected chi connectivity index (χ2v) is 3.27. The summed E-state index contributed by atoms with van der Waals surface area (Å²) in [6.45, 7) is 0. The number of hydrogen-bond acceptors (Lipinski definition) is 3. The lowest BCUT2D eigenvalue weighted by atomic mass is 10.3. The molecule has 6 heteroatoms. The van der Waals surface area contributed by atoms with Crippen LogP contribution in [-0.4, -0.2) is 21.4 Å². The fourth-order valence-corrected chi connectivity index (χ4v) is 1.48. The summed E-state index contributed by atoms with van der Waals surface area (Å²) in [5, 5.41) is 6.68. The van der Waals surface area contributed by atoms with Gasteiger partial charge < -0.3 is 5.32 Å². The minimum absolute atomic E-state index is 0.185. The molecule has 1 N–H and O–H groups in total. The Morgan fingerprint density at radius 3 is 2.69 bits per heavy atom. The number of rotatable bonds is 2. The third-order valence-electron chi connectivity index (χ3n) is 2.24. The van der Waals surface area contributed by atoms with Crippen molar-refractivity contribution >= 4 is 5.95 Å². The van der Waals surface area contributed by atoms with Crippen LogP contribution in [0.4, 0.5) is 10.3 Å². The van der Waals surface area contributed by atoms with Crippen LogP contribution in [0.15, 0.2) is 29.1 Å². The number of aromatic nitrogens is 3. The molecule has 0 radical (unpaired) electrons. The molecular formula is C10H11FN4O. The van der Waals surface area contributed by atoms with Crippen LogP contribution < -0.4 is 11.0 Å². The molecule has 0 aliphatic rings. The summed E-state index contributed by atoms with van der Waals surface area (Å²) in [5.74, 6) is -0.160. The maximum Gasteiger partial charge on any atom is 0.351 e. The van der Waals surface area contributed by atoms with E-state index in [1.807, 2.05) is 0 Å². The van der Waals surface area contributed by atoms with Crippen molar-refractivity contribution in [2.24, 2.45) is 7.05 Å². The van der Waals surface area contributed by atoms with Gasteiger partial charge in [-0.1, -0.05) is 12.1 Å². The standard InChI is InChI=1S/C10H11FN4O/c1-12-9-13-14(2)10(16)15(9)8-6-4-3-5-7(8)11/h3-6H,1-2H3,(H,12,13). The molecule has 0 bridgehead atoms. The molecular weight excluding hydrogens is 211 g/mol. The van der Waals surface area contributed by atoms with E-state index in [0.717, 1.165) is 4.68 Å². The predicted molar refractivity (Wildman–Crippen MR) is 58.3 cm³/mol. The van der Waals surface area contributed by atoms with Gasteiger partial charge >= 0.3 is 5.69 Å². The number of anilines is 1. The van der Waals surface area contributed by atoms with E-state index in [4.69, 9.17) is 0 Å². The van der Waals surface area contributed by atoms with Crippen molar-refractivity contribution in [1.82, 2.24) is 14.3 Å². The average Bonchev–Trinajstić information content (AvgIpc) is 2.56. The van der Waals surface area contributed by atoms with Gasteiger partial charge in [-0.25, -0.2) is 18.4 Å². The Kier molecular flexibility index (Phi) is 2.47. The Balaban J connectivity index is 2.73. The quantitative estimate of drug-likeness (QED) is 0.815. The highest BCUT2D eigenvalue weighted by molar-refractivity contribution is 5.41. The first-order valence-electron chi connectivity index (χ1n) is 4.74. The van der Waals surface area contributed by atoms with Gasteiger partial charge in [0.05, 0.1) is 5.69 Å². The van der Waals surface area contributed by atoms with Crippen LogP contribution in [0.2, 0.25) is 0 Å². The number of halogens is 1. The Morgan fingerprint density at radius 2 is 2.06 bits per heavy atom. The number of nitrogens with one attached hydrogen (secondary N) is 1. The van der Waals surface area contributed by atoms with Crippen LogP contribution in [-0.2, 0) is 7.05 Å². The summed E-state index contributed by atoms with van der Waals surface area (Å²) in [6, 6.07) is 6.06. The van der Waals surface area contributed by atoms with Gasteiger partial charge in [0, 0.05) is 14.1 Å². The van der Waals surface area contributed by atoms with Gasteiger partial charge in [0.25, 0.3) is 0 Å². The Bertz CT molecular complexity index is 572. The minimum Gasteiger partial charge on any atom is -0.357 e. The summed E-state index contributed by atoms with van der Waals surface area (Å²) in [7, 11) is 3.14. The van der Waals surface area contributed by atoms with E-state index >= 15 is 0 Å². The Morgan fingerprint density at radius 1 is 1.38 bits per heavy atom. The van der Waals surface area contributed by atoms with Crippen LogP contribution in [0.25, 0.3) is 5.69 Å². The summed E-state index contributed by atoms with van der Waals surface area (Å²) < 4.78 is 15.9. The van der Waals surface area contributed by atoms with E-state index in [1.54, 1.807) is 19.2 Å². The van der Waals surface area contributed by atoms with E-state index in [-0.39, 0.29) is 5.69 Å². The van der Waals surface area contributed by atoms with Crippen LogP contribution >= 0.6 is 0 Å². The molecule has 2 rings (SSSR count). The topological polar surface area (TPSA) is 51.9 Å². The molecule has 0 saturated carbocycles. The van der Waals surface area contributed by atoms with Crippen molar-refractivity contribution in [3.8, 4) is 5.69 Å². The second kappa shape index (κ2) is 3.80. The highest BCUT2D eigenvalue weighted by Crippen LogP contribution is 2.14. The zero-order valence-corrected chi connectivity index (χ0v) is 8.94. The van der Waals surface area contributed by atoms with Crippen molar-refractivity contribution in [3.05, 3.63) is 40.6 Å². The summed E-state index contributed by atoms with van der Waals surface area (Å²) in [5.41, 5.74) is -0.209. The molecule has 1 aromatic carbocycles. The van der Waals surface area contributed by atoms with Crippen LogP contribution in [0.5, 0.6) is 0 Å². The lowest BCUT2D eigenvalue weighted by molar-refractivity contribution is 0.615. The molecule has 0 atom stereocenters. The molecule has 1 aromatic heterocycles. The molecule has 0 aliphatic carbocycles. The van der Waals surface area contributed by atoms with Gasteiger partial charge in [-0.3, -0.25) is 0 Å². The van der Waals surface area contributed by atoms with E-state index in [0.29, 0.717) is 5.95 Å². The van der Waals surface area contributed by atoms with Crippen molar-refractivity contribution < 1.29 is 4.39 Å². The summed E-state index contributed by atoms with van der Waals surface area (Å²) in [6.07, 6.45) is 0. The van der Waals surface area contributed by atoms with Crippen molar-refractivity contribution in [3.63, 3.8) is 0 Å².